The van der Waals surface area contributed by atoms with Crippen LogP contribution in [0.3, 0.4) is 0 Å². The highest BCUT2D eigenvalue weighted by Gasteiger charge is 2.26. The Morgan fingerprint density at radius 1 is 1.35 bits per heavy atom. The van der Waals surface area contributed by atoms with Crippen LogP contribution in [0.4, 0.5) is 0 Å². The van der Waals surface area contributed by atoms with Gasteiger partial charge >= 0.3 is 0 Å². The molecule has 0 fully saturated rings. The summed E-state index contributed by atoms with van der Waals surface area (Å²) < 4.78 is 18.2. The molecule has 0 aromatic heterocycles. The largest absolute Gasteiger partial charge is 0.326 e. The Hall–Kier alpha value is -0.580. The molecule has 0 spiro atoms. The van der Waals surface area contributed by atoms with Crippen LogP contribution in [-0.4, -0.2) is 12.8 Å². The molecule has 17 heavy (non-hydrogen) atoms. The fraction of sp³-hybridized carbons (Fsp3) is 0.769. The second-order valence-corrected chi connectivity index (χ2v) is 6.58. The van der Waals surface area contributed by atoms with E-state index in [2.05, 4.69) is 26.0 Å². The molecule has 0 heterocycles. The summed E-state index contributed by atoms with van der Waals surface area (Å²) in [4.78, 5) is 0. The topological polar surface area (TPSA) is 50.1 Å². The van der Waals surface area contributed by atoms with Gasteiger partial charge in [0.05, 0.1) is 12.7 Å². The van der Waals surface area contributed by atoms with Crippen molar-refractivity contribution in [3.05, 3.63) is 11.4 Å². The van der Waals surface area contributed by atoms with Gasteiger partial charge in [-0.05, 0) is 19.8 Å². The van der Waals surface area contributed by atoms with E-state index in [-0.39, 0.29) is 0 Å². The molecule has 0 N–H and O–H groups in total. The van der Waals surface area contributed by atoms with Gasteiger partial charge in [-0.15, -0.1) is 0 Å². The van der Waals surface area contributed by atoms with Crippen molar-refractivity contribution in [2.75, 3.05) is 12.8 Å². The van der Waals surface area contributed by atoms with Gasteiger partial charge in [0, 0.05) is 17.9 Å². The van der Waals surface area contributed by atoms with Gasteiger partial charge in [0.2, 0.25) is 7.37 Å². The molecule has 0 aromatic rings. The summed E-state index contributed by atoms with van der Waals surface area (Å²) >= 11 is 0. The van der Waals surface area contributed by atoms with E-state index in [1.165, 1.54) is 0 Å². The van der Waals surface area contributed by atoms with E-state index in [4.69, 9.17) is 9.79 Å². The molecule has 3 nitrogen and oxygen atoms in total. The first kappa shape index (κ1) is 16.4. The van der Waals surface area contributed by atoms with Crippen molar-refractivity contribution in [1.29, 1.82) is 5.26 Å². The van der Waals surface area contributed by atoms with Crippen molar-refractivity contribution in [2.24, 2.45) is 0 Å². The van der Waals surface area contributed by atoms with Crippen molar-refractivity contribution in [1.82, 2.24) is 0 Å². The Kier molecular flexibility index (Phi) is 9.13. The number of nitriles is 1. The Morgan fingerprint density at radius 3 is 2.53 bits per heavy atom. The summed E-state index contributed by atoms with van der Waals surface area (Å²) in [5.74, 6) is 0. The van der Waals surface area contributed by atoms with E-state index in [0.29, 0.717) is 19.2 Å². The lowest BCUT2D eigenvalue weighted by molar-refractivity contribution is 0.337. The van der Waals surface area contributed by atoms with Crippen molar-refractivity contribution in [2.45, 2.75) is 52.9 Å². The number of allylic oxidation sites excluding steroid dienone is 2. The quantitative estimate of drug-likeness (QED) is 0.562. The smallest absolute Gasteiger partial charge is 0.228 e. The van der Waals surface area contributed by atoms with Crippen LogP contribution in [0.1, 0.15) is 52.9 Å². The predicted octanol–water partition coefficient (Wildman–Crippen LogP) is 4.70. The lowest BCUT2D eigenvalue weighted by Gasteiger charge is -2.20. The third-order valence-corrected chi connectivity index (χ3v) is 5.24. The number of hydrogen-bond donors (Lipinski definition) is 0. The maximum Gasteiger partial charge on any atom is 0.228 e. The highest BCUT2D eigenvalue weighted by atomic mass is 31.2. The highest BCUT2D eigenvalue weighted by Crippen LogP contribution is 2.57. The van der Waals surface area contributed by atoms with E-state index < -0.39 is 7.37 Å². The molecule has 0 radical (unpaired) electrons. The average molecular weight is 257 g/mol. The summed E-state index contributed by atoms with van der Waals surface area (Å²) in [6, 6.07) is 2.06. The van der Waals surface area contributed by atoms with Crippen LogP contribution in [0, 0.1) is 11.3 Å². The van der Waals surface area contributed by atoms with Crippen molar-refractivity contribution >= 4 is 7.37 Å². The lowest BCUT2D eigenvalue weighted by Crippen LogP contribution is -1.99. The summed E-state index contributed by atoms with van der Waals surface area (Å²) in [6.07, 6.45) is 6.44. The van der Waals surface area contributed by atoms with Gasteiger partial charge in [-0.25, -0.2) is 0 Å². The van der Waals surface area contributed by atoms with Gasteiger partial charge in [-0.1, -0.05) is 32.8 Å². The minimum atomic E-state index is -2.75. The van der Waals surface area contributed by atoms with Crippen LogP contribution in [-0.2, 0) is 9.09 Å². The Balaban J connectivity index is 4.93. The fourth-order valence-corrected chi connectivity index (χ4v) is 4.04. The molecule has 1 atom stereocenters. The predicted molar refractivity (Wildman–Crippen MR) is 72.2 cm³/mol. The van der Waals surface area contributed by atoms with E-state index in [1.807, 2.05) is 6.92 Å². The molecule has 0 amide bonds. The Morgan fingerprint density at radius 2 is 2.06 bits per heavy atom. The van der Waals surface area contributed by atoms with Crippen molar-refractivity contribution < 1.29 is 9.09 Å². The van der Waals surface area contributed by atoms with E-state index in [0.717, 1.165) is 31.0 Å². The van der Waals surface area contributed by atoms with E-state index in [1.54, 1.807) is 0 Å². The molecule has 0 rings (SSSR count). The normalized spacial score (nSPS) is 15.3. The second kappa shape index (κ2) is 9.45. The second-order valence-electron chi connectivity index (χ2n) is 3.96. The molecule has 0 aliphatic carbocycles. The zero-order valence-corrected chi connectivity index (χ0v) is 12.1. The average Bonchev–Trinajstić information content (AvgIpc) is 2.32. The molecule has 0 aliphatic heterocycles. The number of rotatable bonds is 9. The summed E-state index contributed by atoms with van der Waals surface area (Å²) in [6.45, 7) is 6.46. The molecule has 98 valence electrons. The number of hydrogen-bond acceptors (Lipinski definition) is 3. The van der Waals surface area contributed by atoms with Crippen LogP contribution in [0.15, 0.2) is 11.4 Å². The summed E-state index contributed by atoms with van der Waals surface area (Å²) in [5.41, 5.74) is 0. The van der Waals surface area contributed by atoms with Gasteiger partial charge in [-0.3, -0.25) is 4.57 Å². The lowest BCUT2D eigenvalue weighted by atomic mass is 10.2. The first-order valence-electron chi connectivity index (χ1n) is 6.44. The molecule has 0 aliphatic rings. The van der Waals surface area contributed by atoms with E-state index >= 15 is 0 Å². The monoisotopic (exact) mass is 257 g/mol. The van der Waals surface area contributed by atoms with Gasteiger partial charge in [0.1, 0.15) is 0 Å². The van der Waals surface area contributed by atoms with Gasteiger partial charge in [0.25, 0.3) is 0 Å². The van der Waals surface area contributed by atoms with Crippen LogP contribution in [0.2, 0.25) is 0 Å². The third kappa shape index (κ3) is 6.05. The molecule has 0 saturated heterocycles. The molecule has 0 saturated carbocycles. The number of nitrogens with zero attached hydrogens (tertiary/aromatic N) is 1. The molecule has 1 unspecified atom stereocenters. The minimum Gasteiger partial charge on any atom is -0.326 e. The van der Waals surface area contributed by atoms with E-state index in [9.17, 15) is 4.57 Å². The van der Waals surface area contributed by atoms with Gasteiger partial charge < -0.3 is 4.52 Å². The zero-order chi connectivity index (χ0) is 13.1. The first-order valence-corrected chi connectivity index (χ1v) is 8.25. The van der Waals surface area contributed by atoms with Gasteiger partial charge in [-0.2, -0.15) is 5.26 Å². The Labute approximate surface area is 105 Å². The minimum absolute atomic E-state index is 0.296. The van der Waals surface area contributed by atoms with Crippen molar-refractivity contribution in [3.8, 4) is 6.07 Å². The van der Waals surface area contributed by atoms with Crippen LogP contribution < -0.4 is 0 Å². The standard InChI is InChI=1S/C13H24NO2P/c1-4-7-10-13(9-5-2)17(15,16-6-3)12-8-11-14/h10H,4-9,12H2,1-3H3/b13-10+. The van der Waals surface area contributed by atoms with Crippen molar-refractivity contribution in [3.63, 3.8) is 0 Å². The van der Waals surface area contributed by atoms with Crippen LogP contribution in [0.5, 0.6) is 0 Å². The van der Waals surface area contributed by atoms with Crippen LogP contribution >= 0.6 is 7.37 Å². The molecule has 0 bridgehead atoms. The maximum absolute atomic E-state index is 12.7. The number of unbranched alkanes of at least 4 members (excludes halogenated alkanes) is 1. The zero-order valence-electron chi connectivity index (χ0n) is 11.2. The maximum atomic E-state index is 12.7. The van der Waals surface area contributed by atoms with Crippen LogP contribution in [0.25, 0.3) is 0 Å². The Bertz CT molecular complexity index is 318. The SMILES string of the molecule is CCC/C=C(\CCC)P(=O)(CCC#N)OCC. The molecular formula is C13H24NO2P. The molecule has 0 aromatic carbocycles. The molecular weight excluding hydrogens is 233 g/mol. The fourth-order valence-electron chi connectivity index (χ4n) is 1.68. The first-order chi connectivity index (χ1) is 8.14. The summed E-state index contributed by atoms with van der Waals surface area (Å²) in [7, 11) is -2.75. The van der Waals surface area contributed by atoms with Gasteiger partial charge in [0.15, 0.2) is 0 Å². The summed E-state index contributed by atoms with van der Waals surface area (Å²) in [5, 5.41) is 9.57. The third-order valence-electron chi connectivity index (χ3n) is 2.47. The highest BCUT2D eigenvalue weighted by molar-refractivity contribution is 7.63. The molecule has 4 heteroatoms.